The van der Waals surface area contributed by atoms with Gasteiger partial charge in [-0.15, -0.1) is 11.3 Å². The maximum atomic E-state index is 13.1. The van der Waals surface area contributed by atoms with E-state index in [9.17, 15) is 9.90 Å². The molecule has 2 aliphatic rings. The van der Waals surface area contributed by atoms with E-state index in [1.165, 1.54) is 27.5 Å². The smallest absolute Gasteiger partial charge is 0.262 e. The van der Waals surface area contributed by atoms with Crippen molar-refractivity contribution in [3.05, 3.63) is 62.3 Å². The molecule has 0 amide bonds. The predicted octanol–water partition coefficient (Wildman–Crippen LogP) is 4.06. The number of nitrogens with zero attached hydrogens (tertiary/aromatic N) is 6. The summed E-state index contributed by atoms with van der Waals surface area (Å²) in [6, 6.07) is 3.62. The highest BCUT2D eigenvalue weighted by molar-refractivity contribution is 7.99. The zero-order valence-electron chi connectivity index (χ0n) is 21.1. The number of aromatic nitrogens is 5. The molecule has 1 aliphatic carbocycles. The van der Waals surface area contributed by atoms with Crippen molar-refractivity contribution >= 4 is 51.4 Å². The zero-order valence-corrected chi connectivity index (χ0v) is 23.5. The SMILES string of the molecule is CC(C)(O)Cn1cnc2ccc(Sc3cnc(N4CCC5(CC4)Cc4scnc4[C@@H]5N)cn3)c(Cl)c2c1=O. The van der Waals surface area contributed by atoms with Crippen LogP contribution in [0.2, 0.25) is 5.02 Å². The van der Waals surface area contributed by atoms with Gasteiger partial charge in [0, 0.05) is 22.9 Å². The molecule has 1 atom stereocenters. The molecule has 1 saturated heterocycles. The largest absolute Gasteiger partial charge is 0.389 e. The number of aliphatic hydroxyl groups is 1. The molecule has 0 bridgehead atoms. The quantitative estimate of drug-likeness (QED) is 0.366. The molecule has 4 aromatic rings. The van der Waals surface area contributed by atoms with Crippen LogP contribution >= 0.6 is 34.7 Å². The van der Waals surface area contributed by atoms with Crippen LogP contribution in [-0.2, 0) is 13.0 Å². The third-order valence-corrected chi connectivity index (χ3v) is 9.84. The van der Waals surface area contributed by atoms with E-state index in [0.717, 1.165) is 43.9 Å². The second-order valence-electron chi connectivity index (χ2n) is 10.7. The number of halogens is 1. The summed E-state index contributed by atoms with van der Waals surface area (Å²) in [4.78, 5) is 35.5. The maximum absolute atomic E-state index is 13.1. The second kappa shape index (κ2) is 9.56. The third kappa shape index (κ3) is 4.60. The Labute approximate surface area is 233 Å². The van der Waals surface area contributed by atoms with Crippen LogP contribution in [0.3, 0.4) is 0 Å². The van der Waals surface area contributed by atoms with E-state index >= 15 is 0 Å². The Balaban J connectivity index is 1.17. The monoisotopic (exact) mass is 569 g/mol. The highest BCUT2D eigenvalue weighted by Gasteiger charge is 2.47. The summed E-state index contributed by atoms with van der Waals surface area (Å²) in [5.41, 5.74) is 8.86. The molecule has 6 rings (SSSR count). The Bertz CT molecular complexity index is 1560. The van der Waals surface area contributed by atoms with Crippen molar-refractivity contribution in [2.75, 3.05) is 18.0 Å². The van der Waals surface area contributed by atoms with Crippen LogP contribution < -0.4 is 16.2 Å². The molecule has 198 valence electrons. The van der Waals surface area contributed by atoms with Gasteiger partial charge >= 0.3 is 0 Å². The number of hydrogen-bond acceptors (Lipinski definition) is 10. The average Bonchev–Trinajstić information content (AvgIpc) is 3.43. The molecule has 3 N–H and O–H groups in total. The molecule has 1 aliphatic heterocycles. The Morgan fingerprint density at radius 3 is 2.68 bits per heavy atom. The topological polar surface area (TPSA) is 123 Å². The van der Waals surface area contributed by atoms with Gasteiger partial charge in [0.15, 0.2) is 0 Å². The second-order valence-corrected chi connectivity index (χ2v) is 13.1. The average molecular weight is 570 g/mol. The van der Waals surface area contributed by atoms with Crippen LogP contribution in [0.1, 0.15) is 43.3 Å². The summed E-state index contributed by atoms with van der Waals surface area (Å²) in [6.07, 6.45) is 8.00. The Hall–Kier alpha value is -2.57. The Morgan fingerprint density at radius 1 is 1.21 bits per heavy atom. The Kier molecular flexibility index (Phi) is 6.47. The van der Waals surface area contributed by atoms with Gasteiger partial charge in [-0.05, 0) is 50.7 Å². The first-order valence-corrected chi connectivity index (χ1v) is 14.5. The van der Waals surface area contributed by atoms with Gasteiger partial charge in [-0.25, -0.2) is 19.9 Å². The van der Waals surface area contributed by atoms with E-state index in [0.29, 0.717) is 25.8 Å². The molecule has 1 spiro atoms. The normalized spacial score (nSPS) is 18.9. The van der Waals surface area contributed by atoms with Crippen LogP contribution in [0.5, 0.6) is 0 Å². The van der Waals surface area contributed by atoms with E-state index in [4.69, 9.17) is 17.3 Å². The summed E-state index contributed by atoms with van der Waals surface area (Å²) in [5, 5.41) is 11.5. The van der Waals surface area contributed by atoms with Crippen LogP contribution in [0.25, 0.3) is 10.9 Å². The van der Waals surface area contributed by atoms with Crippen molar-refractivity contribution in [3.8, 4) is 0 Å². The van der Waals surface area contributed by atoms with Gasteiger partial charge in [0.25, 0.3) is 5.56 Å². The summed E-state index contributed by atoms with van der Waals surface area (Å²) >= 11 is 9.75. The summed E-state index contributed by atoms with van der Waals surface area (Å²) < 4.78 is 1.38. The summed E-state index contributed by atoms with van der Waals surface area (Å²) in [6.45, 7) is 5.16. The van der Waals surface area contributed by atoms with Crippen LogP contribution in [0.15, 0.2) is 51.1 Å². The molecule has 38 heavy (non-hydrogen) atoms. The molecule has 0 unspecified atom stereocenters. The van der Waals surface area contributed by atoms with E-state index in [1.807, 2.05) is 11.6 Å². The van der Waals surface area contributed by atoms with Gasteiger partial charge in [-0.1, -0.05) is 23.4 Å². The number of rotatable bonds is 5. The molecule has 12 heteroatoms. The number of fused-ring (bicyclic) bond motifs is 2. The summed E-state index contributed by atoms with van der Waals surface area (Å²) in [5.74, 6) is 0.840. The van der Waals surface area contributed by atoms with Crippen molar-refractivity contribution in [1.82, 2.24) is 24.5 Å². The standard InChI is InChI=1S/C26H28ClN7O2S2/c1-25(2,36)12-34-13-31-15-3-4-16(21(27)20(15)24(34)35)38-19-11-29-18(10-30-19)33-7-5-26(6-8-33)9-17-22(23(26)28)32-14-37-17/h3-4,10-11,13-14,23,36H,5-9,12,28H2,1-2H3/t23-/m0/s1. The number of thiazole rings is 1. The van der Waals surface area contributed by atoms with Crippen molar-refractivity contribution in [3.63, 3.8) is 0 Å². The van der Waals surface area contributed by atoms with E-state index < -0.39 is 5.60 Å². The molecule has 3 aromatic heterocycles. The first-order valence-electron chi connectivity index (χ1n) is 12.5. The fourth-order valence-electron chi connectivity index (χ4n) is 5.49. The van der Waals surface area contributed by atoms with E-state index in [1.54, 1.807) is 43.6 Å². The molecule has 4 heterocycles. The van der Waals surface area contributed by atoms with E-state index in [2.05, 4.69) is 24.8 Å². The number of benzene rings is 1. The minimum Gasteiger partial charge on any atom is -0.389 e. The third-order valence-electron chi connectivity index (χ3n) is 7.50. The first-order chi connectivity index (χ1) is 18.1. The molecular formula is C26H28ClN7O2S2. The van der Waals surface area contributed by atoms with Gasteiger partial charge < -0.3 is 15.7 Å². The van der Waals surface area contributed by atoms with Crippen LogP contribution in [-0.4, -0.2) is 48.3 Å². The molecular weight excluding hydrogens is 542 g/mol. The number of hydrogen-bond donors (Lipinski definition) is 2. The lowest BCUT2D eigenvalue weighted by Crippen LogP contribution is -2.44. The minimum atomic E-state index is -1.06. The fourth-order valence-corrected chi connectivity index (χ4v) is 7.57. The van der Waals surface area contributed by atoms with Gasteiger partial charge in [-0.3, -0.25) is 9.36 Å². The van der Waals surface area contributed by atoms with Crippen molar-refractivity contribution in [2.24, 2.45) is 11.1 Å². The number of piperidine rings is 1. The predicted molar refractivity (Wildman–Crippen MR) is 150 cm³/mol. The van der Waals surface area contributed by atoms with Crippen molar-refractivity contribution < 1.29 is 5.11 Å². The molecule has 1 aromatic carbocycles. The lowest BCUT2D eigenvalue weighted by atomic mass is 9.73. The van der Waals surface area contributed by atoms with Crippen molar-refractivity contribution in [1.29, 1.82) is 0 Å². The van der Waals surface area contributed by atoms with Crippen molar-refractivity contribution in [2.45, 2.75) is 61.2 Å². The highest BCUT2D eigenvalue weighted by atomic mass is 35.5. The maximum Gasteiger partial charge on any atom is 0.262 e. The van der Waals surface area contributed by atoms with Gasteiger partial charge in [0.1, 0.15) is 10.8 Å². The Morgan fingerprint density at radius 2 is 2.00 bits per heavy atom. The molecule has 9 nitrogen and oxygen atoms in total. The fraction of sp³-hybridized carbons (Fsp3) is 0.423. The number of nitrogens with two attached hydrogens (primary N) is 1. The van der Waals surface area contributed by atoms with E-state index in [-0.39, 0.29) is 23.6 Å². The molecule has 0 radical (unpaired) electrons. The van der Waals surface area contributed by atoms with Gasteiger partial charge in [-0.2, -0.15) is 0 Å². The summed E-state index contributed by atoms with van der Waals surface area (Å²) in [7, 11) is 0. The van der Waals surface area contributed by atoms with Gasteiger partial charge in [0.2, 0.25) is 0 Å². The highest BCUT2D eigenvalue weighted by Crippen LogP contribution is 2.51. The first kappa shape index (κ1) is 25.7. The molecule has 0 saturated carbocycles. The minimum absolute atomic E-state index is 0.0110. The lowest BCUT2D eigenvalue weighted by molar-refractivity contribution is 0.0603. The lowest BCUT2D eigenvalue weighted by Gasteiger charge is -2.42. The zero-order chi connectivity index (χ0) is 26.7. The van der Waals surface area contributed by atoms with Crippen LogP contribution in [0, 0.1) is 5.41 Å². The van der Waals surface area contributed by atoms with Gasteiger partial charge in [0.05, 0.1) is 64.0 Å². The van der Waals surface area contributed by atoms with Crippen LogP contribution in [0.4, 0.5) is 5.82 Å². The number of anilines is 1. The molecule has 1 fully saturated rings.